The molecule has 0 unspecified atom stereocenters. The third kappa shape index (κ3) is 2.39. The number of benzene rings is 2. The molecule has 0 radical (unpaired) electrons. The zero-order valence-corrected chi connectivity index (χ0v) is 10.7. The van der Waals surface area contributed by atoms with Crippen LogP contribution in [-0.4, -0.2) is 7.11 Å². The quantitative estimate of drug-likeness (QED) is 0.772. The summed E-state index contributed by atoms with van der Waals surface area (Å²) >= 11 is 6.11. The fourth-order valence-electron chi connectivity index (χ4n) is 1.78. The lowest BCUT2D eigenvalue weighted by Crippen LogP contribution is -1.89. The van der Waals surface area contributed by atoms with Crippen LogP contribution in [0, 0.1) is 5.82 Å². The summed E-state index contributed by atoms with van der Waals surface area (Å²) in [6, 6.07) is 9.79. The second-order valence-corrected chi connectivity index (χ2v) is 4.19. The van der Waals surface area contributed by atoms with Crippen LogP contribution in [0.15, 0.2) is 43.0 Å². The molecule has 0 heterocycles. The lowest BCUT2D eigenvalue weighted by molar-refractivity contribution is 0.415. The normalized spacial score (nSPS) is 10.2. The zero-order valence-electron chi connectivity index (χ0n) is 9.91. The van der Waals surface area contributed by atoms with Crippen LogP contribution >= 0.6 is 11.6 Å². The van der Waals surface area contributed by atoms with Gasteiger partial charge in [0.15, 0.2) is 0 Å². The maximum Gasteiger partial charge on any atom is 0.123 e. The number of methoxy groups -OCH3 is 1. The first-order valence-electron chi connectivity index (χ1n) is 5.41. The van der Waals surface area contributed by atoms with Gasteiger partial charge in [0.1, 0.15) is 11.6 Å². The number of hydrogen-bond donors (Lipinski definition) is 0. The van der Waals surface area contributed by atoms with Crippen molar-refractivity contribution in [1.29, 1.82) is 0 Å². The predicted octanol–water partition coefficient (Wildman–Crippen LogP) is 4.80. The third-order valence-corrected chi connectivity index (χ3v) is 3.03. The first-order chi connectivity index (χ1) is 8.65. The molecular formula is C15H12ClFO. The van der Waals surface area contributed by atoms with Crippen LogP contribution in [0.5, 0.6) is 5.75 Å². The molecule has 1 nitrogen and oxygen atoms in total. The lowest BCUT2D eigenvalue weighted by atomic mass is 9.99. The van der Waals surface area contributed by atoms with E-state index in [0.29, 0.717) is 16.3 Å². The molecule has 0 fully saturated rings. The Morgan fingerprint density at radius 2 is 1.94 bits per heavy atom. The molecule has 0 bridgehead atoms. The highest BCUT2D eigenvalue weighted by atomic mass is 35.5. The van der Waals surface area contributed by atoms with Crippen molar-refractivity contribution in [2.24, 2.45) is 0 Å². The largest absolute Gasteiger partial charge is 0.497 e. The summed E-state index contributed by atoms with van der Waals surface area (Å²) in [6.45, 7) is 3.75. The van der Waals surface area contributed by atoms with Crippen LogP contribution in [-0.2, 0) is 0 Å². The predicted molar refractivity (Wildman–Crippen MR) is 73.5 cm³/mol. The molecule has 0 saturated heterocycles. The number of halogens is 2. The number of hydrogen-bond acceptors (Lipinski definition) is 1. The van der Waals surface area contributed by atoms with Gasteiger partial charge in [0.25, 0.3) is 0 Å². The van der Waals surface area contributed by atoms with E-state index in [0.717, 1.165) is 11.1 Å². The molecular weight excluding hydrogens is 251 g/mol. The van der Waals surface area contributed by atoms with Gasteiger partial charge in [-0.3, -0.25) is 0 Å². The van der Waals surface area contributed by atoms with E-state index in [1.165, 1.54) is 12.1 Å². The van der Waals surface area contributed by atoms with Gasteiger partial charge in [-0.2, -0.15) is 0 Å². The molecule has 0 atom stereocenters. The smallest absolute Gasteiger partial charge is 0.123 e. The fourth-order valence-corrected chi connectivity index (χ4v) is 2.00. The lowest BCUT2D eigenvalue weighted by Gasteiger charge is -2.10. The van der Waals surface area contributed by atoms with E-state index in [9.17, 15) is 4.39 Å². The molecule has 0 N–H and O–H groups in total. The summed E-state index contributed by atoms with van der Waals surface area (Å²) in [5.74, 6) is 0.364. The SMILES string of the molecule is C=Cc1ccc(OC)cc1-c1cc(F)ccc1Cl. The topological polar surface area (TPSA) is 9.23 Å². The van der Waals surface area contributed by atoms with Crippen molar-refractivity contribution in [3.8, 4) is 16.9 Å². The Morgan fingerprint density at radius 1 is 1.17 bits per heavy atom. The summed E-state index contributed by atoms with van der Waals surface area (Å²) in [5, 5.41) is 0.493. The average molecular weight is 263 g/mol. The highest BCUT2D eigenvalue weighted by molar-refractivity contribution is 6.33. The standard InChI is InChI=1S/C15H12ClFO/c1-3-10-4-6-12(18-2)9-13(10)14-8-11(17)5-7-15(14)16/h3-9H,1H2,2H3. The number of rotatable bonds is 3. The first-order valence-corrected chi connectivity index (χ1v) is 5.79. The first kappa shape index (κ1) is 12.7. The molecule has 0 saturated carbocycles. The van der Waals surface area contributed by atoms with Gasteiger partial charge < -0.3 is 4.74 Å². The summed E-state index contributed by atoms with van der Waals surface area (Å²) in [7, 11) is 1.58. The van der Waals surface area contributed by atoms with Crippen LogP contribution in [0.1, 0.15) is 5.56 Å². The zero-order chi connectivity index (χ0) is 13.1. The van der Waals surface area contributed by atoms with Crippen molar-refractivity contribution in [2.75, 3.05) is 7.11 Å². The van der Waals surface area contributed by atoms with Gasteiger partial charge in [0.05, 0.1) is 7.11 Å². The Balaban J connectivity index is 2.67. The Morgan fingerprint density at radius 3 is 2.61 bits per heavy atom. The highest BCUT2D eigenvalue weighted by Gasteiger charge is 2.09. The van der Waals surface area contributed by atoms with Crippen molar-refractivity contribution in [1.82, 2.24) is 0 Å². The molecule has 2 aromatic rings. The van der Waals surface area contributed by atoms with Crippen LogP contribution < -0.4 is 4.74 Å². The van der Waals surface area contributed by atoms with Gasteiger partial charge >= 0.3 is 0 Å². The molecule has 0 aliphatic rings. The third-order valence-electron chi connectivity index (χ3n) is 2.70. The summed E-state index contributed by atoms with van der Waals surface area (Å²) in [4.78, 5) is 0. The van der Waals surface area contributed by atoms with Gasteiger partial charge in [-0.05, 0) is 41.5 Å². The molecule has 2 aromatic carbocycles. The second kappa shape index (κ2) is 5.23. The van der Waals surface area contributed by atoms with Gasteiger partial charge in [-0.15, -0.1) is 0 Å². The van der Waals surface area contributed by atoms with Crippen molar-refractivity contribution < 1.29 is 9.13 Å². The Labute approximate surface area is 110 Å². The van der Waals surface area contributed by atoms with Crippen molar-refractivity contribution in [3.05, 3.63) is 59.4 Å². The van der Waals surface area contributed by atoms with Crippen molar-refractivity contribution >= 4 is 17.7 Å². The van der Waals surface area contributed by atoms with Crippen LogP contribution in [0.25, 0.3) is 17.2 Å². The summed E-state index contributed by atoms with van der Waals surface area (Å²) in [5.41, 5.74) is 2.31. The fraction of sp³-hybridized carbons (Fsp3) is 0.0667. The highest BCUT2D eigenvalue weighted by Crippen LogP contribution is 2.34. The van der Waals surface area contributed by atoms with E-state index < -0.39 is 0 Å². The minimum atomic E-state index is -0.327. The molecule has 0 spiro atoms. The summed E-state index contributed by atoms with van der Waals surface area (Å²) < 4.78 is 18.5. The van der Waals surface area contributed by atoms with E-state index >= 15 is 0 Å². The van der Waals surface area contributed by atoms with Crippen LogP contribution in [0.2, 0.25) is 5.02 Å². The molecule has 3 heteroatoms. The molecule has 0 aliphatic carbocycles. The monoisotopic (exact) mass is 262 g/mol. The molecule has 92 valence electrons. The second-order valence-electron chi connectivity index (χ2n) is 3.78. The minimum absolute atomic E-state index is 0.327. The van der Waals surface area contributed by atoms with Gasteiger partial charge in [-0.1, -0.05) is 30.3 Å². The van der Waals surface area contributed by atoms with E-state index in [1.807, 2.05) is 18.2 Å². The molecule has 0 aliphatic heterocycles. The average Bonchev–Trinajstić information content (AvgIpc) is 2.40. The minimum Gasteiger partial charge on any atom is -0.497 e. The van der Waals surface area contributed by atoms with Crippen LogP contribution in [0.4, 0.5) is 4.39 Å². The molecule has 2 rings (SSSR count). The summed E-state index contributed by atoms with van der Waals surface area (Å²) in [6.07, 6.45) is 1.70. The van der Waals surface area contributed by atoms with Crippen molar-refractivity contribution in [3.63, 3.8) is 0 Å². The molecule has 0 aromatic heterocycles. The van der Waals surface area contributed by atoms with E-state index in [-0.39, 0.29) is 5.82 Å². The van der Waals surface area contributed by atoms with E-state index in [1.54, 1.807) is 19.3 Å². The molecule has 0 amide bonds. The van der Waals surface area contributed by atoms with Crippen molar-refractivity contribution in [2.45, 2.75) is 0 Å². The Kier molecular flexibility index (Phi) is 3.68. The van der Waals surface area contributed by atoms with Gasteiger partial charge in [0, 0.05) is 10.6 Å². The van der Waals surface area contributed by atoms with E-state index in [4.69, 9.17) is 16.3 Å². The van der Waals surface area contributed by atoms with E-state index in [2.05, 4.69) is 6.58 Å². The maximum atomic E-state index is 13.3. The van der Waals surface area contributed by atoms with Gasteiger partial charge in [-0.25, -0.2) is 4.39 Å². The number of ether oxygens (including phenoxy) is 1. The van der Waals surface area contributed by atoms with Gasteiger partial charge in [0.2, 0.25) is 0 Å². The Bertz CT molecular complexity index is 593. The molecule has 18 heavy (non-hydrogen) atoms. The Hall–Kier alpha value is -1.80. The maximum absolute atomic E-state index is 13.3. The van der Waals surface area contributed by atoms with Crippen LogP contribution in [0.3, 0.4) is 0 Å².